The Balaban J connectivity index is 1.94. The Morgan fingerprint density at radius 1 is 1.28 bits per heavy atom. The van der Waals surface area contributed by atoms with E-state index in [-0.39, 0.29) is 0 Å². The summed E-state index contributed by atoms with van der Waals surface area (Å²) in [4.78, 5) is 4.27. The molecular formula is C11H11N7. The quantitative estimate of drug-likeness (QED) is 0.589. The SMILES string of the molecule is Nc1cccc2c(NCc3nn[nH]n3)ccnc12. The van der Waals surface area contributed by atoms with Crippen molar-refractivity contribution in [2.24, 2.45) is 0 Å². The summed E-state index contributed by atoms with van der Waals surface area (Å²) in [6.07, 6.45) is 1.72. The molecular weight excluding hydrogens is 230 g/mol. The molecule has 0 unspecified atom stereocenters. The van der Waals surface area contributed by atoms with Crippen LogP contribution in [0.25, 0.3) is 10.9 Å². The molecule has 2 aromatic heterocycles. The maximum absolute atomic E-state index is 5.89. The number of aromatic amines is 1. The van der Waals surface area contributed by atoms with Crippen molar-refractivity contribution < 1.29 is 0 Å². The Labute approximate surface area is 102 Å². The van der Waals surface area contributed by atoms with E-state index in [1.54, 1.807) is 6.20 Å². The third-order valence-electron chi connectivity index (χ3n) is 2.63. The number of para-hydroxylation sites is 1. The number of hydrogen-bond donors (Lipinski definition) is 3. The molecule has 90 valence electrons. The third-order valence-corrected chi connectivity index (χ3v) is 2.63. The molecule has 7 nitrogen and oxygen atoms in total. The van der Waals surface area contributed by atoms with E-state index in [1.165, 1.54) is 0 Å². The highest BCUT2D eigenvalue weighted by atomic mass is 15.5. The van der Waals surface area contributed by atoms with Crippen LogP contribution in [-0.2, 0) is 6.54 Å². The summed E-state index contributed by atoms with van der Waals surface area (Å²) in [6, 6.07) is 7.59. The molecule has 3 rings (SSSR count). The van der Waals surface area contributed by atoms with E-state index in [4.69, 9.17) is 5.73 Å². The first-order valence-corrected chi connectivity index (χ1v) is 5.44. The van der Waals surface area contributed by atoms with Crippen molar-refractivity contribution in [1.82, 2.24) is 25.6 Å². The van der Waals surface area contributed by atoms with Crippen LogP contribution in [0.4, 0.5) is 11.4 Å². The highest BCUT2D eigenvalue weighted by Gasteiger charge is 2.05. The minimum atomic E-state index is 0.490. The molecule has 0 amide bonds. The number of rotatable bonds is 3. The third kappa shape index (κ3) is 1.81. The standard InChI is InChI=1S/C11H11N7/c12-8-3-1-2-7-9(4-5-13-11(7)8)14-6-10-15-17-18-16-10/h1-5H,6,12H2,(H,13,14)(H,15,16,17,18). The van der Waals surface area contributed by atoms with Crippen molar-refractivity contribution in [2.45, 2.75) is 6.54 Å². The second kappa shape index (κ2) is 4.28. The zero-order valence-corrected chi connectivity index (χ0v) is 9.46. The van der Waals surface area contributed by atoms with Crippen LogP contribution in [0.1, 0.15) is 5.82 Å². The average molecular weight is 241 g/mol. The van der Waals surface area contributed by atoms with Crippen LogP contribution >= 0.6 is 0 Å². The van der Waals surface area contributed by atoms with Gasteiger partial charge >= 0.3 is 0 Å². The molecule has 0 bridgehead atoms. The van der Waals surface area contributed by atoms with Crippen LogP contribution in [0.5, 0.6) is 0 Å². The van der Waals surface area contributed by atoms with Gasteiger partial charge in [0.1, 0.15) is 0 Å². The lowest BCUT2D eigenvalue weighted by Gasteiger charge is -2.08. The summed E-state index contributed by atoms with van der Waals surface area (Å²) in [5.74, 6) is 0.601. The van der Waals surface area contributed by atoms with Crippen molar-refractivity contribution in [3.05, 3.63) is 36.3 Å². The van der Waals surface area contributed by atoms with Gasteiger partial charge in [-0.15, -0.1) is 10.2 Å². The molecule has 0 radical (unpaired) electrons. The lowest BCUT2D eigenvalue weighted by molar-refractivity contribution is 0.881. The van der Waals surface area contributed by atoms with Gasteiger partial charge < -0.3 is 11.1 Å². The number of aromatic nitrogens is 5. The first kappa shape index (κ1) is 10.5. The van der Waals surface area contributed by atoms with Crippen LogP contribution in [0, 0.1) is 0 Å². The van der Waals surface area contributed by atoms with Crippen molar-refractivity contribution in [1.29, 1.82) is 0 Å². The molecule has 2 heterocycles. The van der Waals surface area contributed by atoms with Gasteiger partial charge in [0.25, 0.3) is 0 Å². The number of nitrogen functional groups attached to an aromatic ring is 1. The monoisotopic (exact) mass is 241 g/mol. The average Bonchev–Trinajstić information content (AvgIpc) is 2.90. The predicted octanol–water partition coefficient (Wildman–Crippen LogP) is 0.942. The molecule has 1 aromatic carbocycles. The van der Waals surface area contributed by atoms with Crippen LogP contribution in [0.2, 0.25) is 0 Å². The number of anilines is 2. The Kier molecular flexibility index (Phi) is 2.49. The summed E-state index contributed by atoms with van der Waals surface area (Å²) in [6.45, 7) is 0.490. The summed E-state index contributed by atoms with van der Waals surface area (Å²) < 4.78 is 0. The Morgan fingerprint density at radius 3 is 3.06 bits per heavy atom. The number of nitrogens with zero attached hydrogens (tertiary/aromatic N) is 4. The van der Waals surface area contributed by atoms with Gasteiger partial charge in [0, 0.05) is 17.3 Å². The Morgan fingerprint density at radius 2 is 2.22 bits per heavy atom. The van der Waals surface area contributed by atoms with Gasteiger partial charge in [-0.1, -0.05) is 17.3 Å². The molecule has 0 spiro atoms. The normalized spacial score (nSPS) is 10.7. The minimum absolute atomic E-state index is 0.490. The Bertz CT molecular complexity index is 662. The molecule has 0 aliphatic carbocycles. The van der Waals surface area contributed by atoms with E-state index in [1.807, 2.05) is 24.3 Å². The fourth-order valence-electron chi connectivity index (χ4n) is 1.78. The number of nitrogens with one attached hydrogen (secondary N) is 2. The fraction of sp³-hybridized carbons (Fsp3) is 0.0909. The lowest BCUT2D eigenvalue weighted by atomic mass is 10.1. The molecule has 0 saturated heterocycles. The molecule has 3 aromatic rings. The van der Waals surface area contributed by atoms with Gasteiger partial charge in [0.15, 0.2) is 5.82 Å². The number of hydrogen-bond acceptors (Lipinski definition) is 6. The minimum Gasteiger partial charge on any atom is -0.397 e. The van der Waals surface area contributed by atoms with Crippen molar-refractivity contribution in [2.75, 3.05) is 11.1 Å². The molecule has 0 atom stereocenters. The van der Waals surface area contributed by atoms with Gasteiger partial charge in [-0.25, -0.2) is 0 Å². The van der Waals surface area contributed by atoms with Gasteiger partial charge in [0.2, 0.25) is 0 Å². The number of pyridine rings is 1. The number of fused-ring (bicyclic) bond motifs is 1. The van der Waals surface area contributed by atoms with Gasteiger partial charge in [0.05, 0.1) is 17.7 Å². The second-order valence-electron chi connectivity index (χ2n) is 3.78. The van der Waals surface area contributed by atoms with E-state index in [9.17, 15) is 0 Å². The highest BCUT2D eigenvalue weighted by molar-refractivity contribution is 5.97. The van der Waals surface area contributed by atoms with Gasteiger partial charge in [-0.3, -0.25) is 4.98 Å². The Hall–Kier alpha value is -2.70. The smallest absolute Gasteiger partial charge is 0.193 e. The maximum Gasteiger partial charge on any atom is 0.193 e. The fourth-order valence-corrected chi connectivity index (χ4v) is 1.78. The number of benzene rings is 1. The lowest BCUT2D eigenvalue weighted by Crippen LogP contribution is -2.02. The van der Waals surface area contributed by atoms with Crippen LogP contribution in [0.15, 0.2) is 30.5 Å². The molecule has 7 heteroatoms. The van der Waals surface area contributed by atoms with Gasteiger partial charge in [-0.2, -0.15) is 5.21 Å². The van der Waals surface area contributed by atoms with Crippen molar-refractivity contribution >= 4 is 22.3 Å². The molecule has 0 aliphatic heterocycles. The van der Waals surface area contributed by atoms with E-state index < -0.39 is 0 Å². The van der Waals surface area contributed by atoms with Crippen molar-refractivity contribution in [3.8, 4) is 0 Å². The van der Waals surface area contributed by atoms with E-state index in [0.717, 1.165) is 16.6 Å². The van der Waals surface area contributed by atoms with Crippen molar-refractivity contribution in [3.63, 3.8) is 0 Å². The first-order valence-electron chi connectivity index (χ1n) is 5.44. The van der Waals surface area contributed by atoms with Crippen LogP contribution in [0.3, 0.4) is 0 Å². The highest BCUT2D eigenvalue weighted by Crippen LogP contribution is 2.25. The topological polar surface area (TPSA) is 105 Å². The molecule has 0 aliphatic rings. The van der Waals surface area contributed by atoms with Gasteiger partial charge in [-0.05, 0) is 12.1 Å². The first-order chi connectivity index (χ1) is 8.84. The van der Waals surface area contributed by atoms with E-state index in [2.05, 4.69) is 30.9 Å². The summed E-state index contributed by atoms with van der Waals surface area (Å²) in [5.41, 5.74) is 8.28. The zero-order valence-electron chi connectivity index (χ0n) is 9.46. The maximum atomic E-state index is 5.89. The molecule has 0 fully saturated rings. The molecule has 18 heavy (non-hydrogen) atoms. The summed E-state index contributed by atoms with van der Waals surface area (Å²) >= 11 is 0. The van der Waals surface area contributed by atoms with E-state index >= 15 is 0 Å². The van der Waals surface area contributed by atoms with Crippen LogP contribution < -0.4 is 11.1 Å². The number of H-pyrrole nitrogens is 1. The number of tetrazole rings is 1. The zero-order chi connectivity index (χ0) is 12.4. The summed E-state index contributed by atoms with van der Waals surface area (Å²) in [7, 11) is 0. The summed E-state index contributed by atoms with van der Waals surface area (Å²) in [5, 5.41) is 17.9. The van der Waals surface area contributed by atoms with Crippen LogP contribution in [-0.4, -0.2) is 25.6 Å². The molecule has 4 N–H and O–H groups in total. The second-order valence-corrected chi connectivity index (χ2v) is 3.78. The predicted molar refractivity (Wildman–Crippen MR) is 67.7 cm³/mol. The molecule has 0 saturated carbocycles. The largest absolute Gasteiger partial charge is 0.397 e. The number of nitrogens with two attached hydrogens (primary N) is 1. The van der Waals surface area contributed by atoms with E-state index in [0.29, 0.717) is 18.1 Å².